The Bertz CT molecular complexity index is 773. The molecule has 1 rings (SSSR count). The summed E-state index contributed by atoms with van der Waals surface area (Å²) in [6.45, 7) is 2.77. The fourth-order valence-corrected chi connectivity index (χ4v) is 2.41. The Labute approximate surface area is 178 Å². The molecule has 0 saturated carbocycles. The van der Waals surface area contributed by atoms with Crippen molar-refractivity contribution in [2.45, 2.75) is 45.0 Å². The fraction of sp³-hybridized carbons (Fsp3) is 0.421. The van der Waals surface area contributed by atoms with Crippen LogP contribution in [0.15, 0.2) is 30.3 Å². The molecule has 0 aliphatic rings. The number of carbonyl (C=O) groups is 5. The van der Waals surface area contributed by atoms with Gasteiger partial charge < -0.3 is 25.8 Å². The standard InChI is InChI=1S/C19H24ClN3O7/c1-11(18(28)23-14(8-16(25)26)15(24)9-20)21-17(27)12(2)22-19(29)30-10-13-6-4-3-5-7-13/h3-7,11-12,14H,8-10H2,1-2H3,(H,21,27)(H,22,29)(H,23,28)(H,25,26). The molecule has 0 aliphatic heterocycles. The average molecular weight is 442 g/mol. The summed E-state index contributed by atoms with van der Waals surface area (Å²) in [7, 11) is 0. The topological polar surface area (TPSA) is 151 Å². The van der Waals surface area contributed by atoms with Gasteiger partial charge in [-0.15, -0.1) is 11.6 Å². The van der Waals surface area contributed by atoms with Gasteiger partial charge in [0.15, 0.2) is 5.78 Å². The number of alkyl halides is 1. The van der Waals surface area contributed by atoms with Crippen molar-refractivity contribution < 1.29 is 33.8 Å². The second-order valence-corrected chi connectivity index (χ2v) is 6.68. The number of aliphatic carboxylic acids is 1. The number of carboxylic acids is 1. The van der Waals surface area contributed by atoms with Crippen LogP contribution in [0.3, 0.4) is 0 Å². The number of hydrogen-bond donors (Lipinski definition) is 4. The Kier molecular flexibility index (Phi) is 10.3. The van der Waals surface area contributed by atoms with Crippen LogP contribution in [-0.2, 0) is 30.5 Å². The molecule has 3 amide bonds. The molecule has 3 unspecified atom stereocenters. The van der Waals surface area contributed by atoms with E-state index in [2.05, 4.69) is 16.0 Å². The highest BCUT2D eigenvalue weighted by molar-refractivity contribution is 6.28. The van der Waals surface area contributed by atoms with Crippen LogP contribution in [0.4, 0.5) is 4.79 Å². The molecule has 4 N–H and O–H groups in total. The zero-order valence-electron chi connectivity index (χ0n) is 16.5. The van der Waals surface area contributed by atoms with Gasteiger partial charge >= 0.3 is 12.1 Å². The number of alkyl carbamates (subject to hydrolysis) is 1. The number of carbonyl (C=O) groups excluding carboxylic acids is 4. The van der Waals surface area contributed by atoms with Crippen molar-refractivity contribution in [2.75, 3.05) is 5.88 Å². The maximum absolute atomic E-state index is 12.2. The third-order valence-corrected chi connectivity index (χ3v) is 4.17. The van der Waals surface area contributed by atoms with Crippen LogP contribution in [0.1, 0.15) is 25.8 Å². The lowest BCUT2D eigenvalue weighted by Crippen LogP contribution is -2.54. The molecule has 30 heavy (non-hydrogen) atoms. The quantitative estimate of drug-likeness (QED) is 0.366. The lowest BCUT2D eigenvalue weighted by Gasteiger charge is -2.21. The summed E-state index contributed by atoms with van der Waals surface area (Å²) in [6.07, 6.45) is -1.45. The first kappa shape index (κ1) is 24.9. The molecular formula is C19H24ClN3O7. The number of amides is 3. The van der Waals surface area contributed by atoms with Crippen molar-refractivity contribution in [3.05, 3.63) is 35.9 Å². The van der Waals surface area contributed by atoms with Gasteiger partial charge in [-0.3, -0.25) is 19.2 Å². The Morgan fingerprint density at radius 1 is 0.967 bits per heavy atom. The second kappa shape index (κ2) is 12.4. The molecule has 11 heteroatoms. The maximum atomic E-state index is 12.2. The van der Waals surface area contributed by atoms with Gasteiger partial charge in [-0.25, -0.2) is 4.79 Å². The predicted molar refractivity (Wildman–Crippen MR) is 107 cm³/mol. The van der Waals surface area contributed by atoms with Gasteiger partial charge in [-0.1, -0.05) is 30.3 Å². The molecule has 164 valence electrons. The number of ketones is 1. The third-order valence-electron chi connectivity index (χ3n) is 3.91. The highest BCUT2D eigenvalue weighted by Crippen LogP contribution is 2.01. The predicted octanol–water partition coefficient (Wildman–Crippen LogP) is 0.573. The van der Waals surface area contributed by atoms with Crippen molar-refractivity contribution in [2.24, 2.45) is 0 Å². The first-order valence-electron chi connectivity index (χ1n) is 9.02. The van der Waals surface area contributed by atoms with E-state index >= 15 is 0 Å². The summed E-state index contributed by atoms with van der Waals surface area (Å²) in [5.41, 5.74) is 0.775. The van der Waals surface area contributed by atoms with E-state index in [9.17, 15) is 24.0 Å². The molecule has 0 aliphatic carbocycles. The van der Waals surface area contributed by atoms with E-state index in [1.165, 1.54) is 13.8 Å². The Morgan fingerprint density at radius 2 is 1.53 bits per heavy atom. The van der Waals surface area contributed by atoms with E-state index in [-0.39, 0.29) is 6.61 Å². The first-order chi connectivity index (χ1) is 14.1. The summed E-state index contributed by atoms with van der Waals surface area (Å²) in [4.78, 5) is 58.6. The van der Waals surface area contributed by atoms with Crippen molar-refractivity contribution in [1.29, 1.82) is 0 Å². The Morgan fingerprint density at radius 3 is 2.10 bits per heavy atom. The highest BCUT2D eigenvalue weighted by Gasteiger charge is 2.27. The van der Waals surface area contributed by atoms with Gasteiger partial charge in [-0.2, -0.15) is 0 Å². The number of Topliss-reactive ketones (excluding diaryl/α,β-unsaturated/α-hetero) is 1. The third kappa shape index (κ3) is 8.91. The van der Waals surface area contributed by atoms with Gasteiger partial charge in [0.2, 0.25) is 11.8 Å². The van der Waals surface area contributed by atoms with Gasteiger partial charge in [0, 0.05) is 0 Å². The molecule has 0 spiro atoms. The lowest BCUT2D eigenvalue weighted by molar-refractivity contribution is -0.140. The smallest absolute Gasteiger partial charge is 0.408 e. The van der Waals surface area contributed by atoms with Crippen LogP contribution in [0, 0.1) is 0 Å². The first-order valence-corrected chi connectivity index (χ1v) is 9.56. The number of rotatable bonds is 11. The number of carboxylic acid groups (broad SMARTS) is 1. The van der Waals surface area contributed by atoms with Crippen LogP contribution < -0.4 is 16.0 Å². The van der Waals surface area contributed by atoms with Crippen molar-refractivity contribution in [3.63, 3.8) is 0 Å². The Balaban J connectivity index is 2.50. The summed E-state index contributed by atoms with van der Waals surface area (Å²) in [6, 6.07) is 5.54. The van der Waals surface area contributed by atoms with E-state index in [0.29, 0.717) is 0 Å². The van der Waals surface area contributed by atoms with Gasteiger partial charge in [0.05, 0.1) is 18.3 Å². The van der Waals surface area contributed by atoms with Gasteiger partial charge in [0.25, 0.3) is 0 Å². The Hall–Kier alpha value is -3.14. The zero-order chi connectivity index (χ0) is 22.7. The summed E-state index contributed by atoms with van der Waals surface area (Å²) in [5, 5.41) is 15.8. The number of benzene rings is 1. The molecule has 1 aromatic rings. The minimum absolute atomic E-state index is 0.0272. The monoisotopic (exact) mass is 441 g/mol. The summed E-state index contributed by atoms with van der Waals surface area (Å²) in [5.74, 6) is -3.87. The van der Waals surface area contributed by atoms with Crippen LogP contribution >= 0.6 is 11.6 Å². The van der Waals surface area contributed by atoms with E-state index < -0.39 is 60.1 Å². The number of hydrogen-bond acceptors (Lipinski definition) is 6. The minimum Gasteiger partial charge on any atom is -0.481 e. The number of halogens is 1. The normalized spacial score (nSPS) is 13.3. The molecule has 0 aromatic heterocycles. The zero-order valence-corrected chi connectivity index (χ0v) is 17.3. The van der Waals surface area contributed by atoms with Crippen LogP contribution in [-0.4, -0.2) is 58.8 Å². The van der Waals surface area contributed by atoms with E-state index in [1.54, 1.807) is 24.3 Å². The molecule has 0 fully saturated rings. The van der Waals surface area contributed by atoms with Gasteiger partial charge in [-0.05, 0) is 19.4 Å². The minimum atomic E-state index is -1.31. The fourth-order valence-electron chi connectivity index (χ4n) is 2.22. The second-order valence-electron chi connectivity index (χ2n) is 6.42. The molecule has 3 atom stereocenters. The molecule has 0 bridgehead atoms. The lowest BCUT2D eigenvalue weighted by atomic mass is 10.1. The molecule has 0 radical (unpaired) electrons. The van der Waals surface area contributed by atoms with Gasteiger partial charge in [0.1, 0.15) is 18.7 Å². The number of ether oxygens (including phenoxy) is 1. The van der Waals surface area contributed by atoms with Crippen LogP contribution in [0.2, 0.25) is 0 Å². The summed E-state index contributed by atoms with van der Waals surface area (Å²) < 4.78 is 5.01. The van der Waals surface area contributed by atoms with Crippen LogP contribution in [0.5, 0.6) is 0 Å². The maximum Gasteiger partial charge on any atom is 0.408 e. The van der Waals surface area contributed by atoms with Crippen molar-refractivity contribution >= 4 is 41.3 Å². The molecule has 10 nitrogen and oxygen atoms in total. The van der Waals surface area contributed by atoms with Crippen molar-refractivity contribution in [1.82, 2.24) is 16.0 Å². The molecule has 0 saturated heterocycles. The molecule has 1 aromatic carbocycles. The van der Waals surface area contributed by atoms with Crippen molar-refractivity contribution in [3.8, 4) is 0 Å². The average Bonchev–Trinajstić information content (AvgIpc) is 2.71. The van der Waals surface area contributed by atoms with E-state index in [0.717, 1.165) is 5.56 Å². The summed E-state index contributed by atoms with van der Waals surface area (Å²) >= 11 is 5.42. The van der Waals surface area contributed by atoms with E-state index in [4.69, 9.17) is 21.4 Å². The highest BCUT2D eigenvalue weighted by atomic mass is 35.5. The van der Waals surface area contributed by atoms with Crippen LogP contribution in [0.25, 0.3) is 0 Å². The molecular weight excluding hydrogens is 418 g/mol. The number of nitrogens with one attached hydrogen (secondary N) is 3. The SMILES string of the molecule is CC(NC(=O)OCc1ccccc1)C(=O)NC(C)C(=O)NC(CC(=O)O)C(=O)CCl. The van der Waals surface area contributed by atoms with E-state index in [1.807, 2.05) is 6.07 Å². The molecule has 0 heterocycles. The largest absolute Gasteiger partial charge is 0.481 e.